The number of hydrogen-bond donors (Lipinski definition) is 3. The lowest BCUT2D eigenvalue weighted by Gasteiger charge is -2.22. The standard InChI is InChI=1S/C20H29N3O4/c1-14(2)22-19(24)12-21-20(25)13-23-8-3-5-16(23)15-6-7-17-18(11-15)27-10-4-9-26-17/h6-7,11,14,16H,3-5,8-10,12-13H2,1-2H3,(H,21,25)(H,22,24)/p+1/t16-/m0/s1. The lowest BCUT2D eigenvalue weighted by atomic mass is 10.0. The van der Waals surface area contributed by atoms with Crippen LogP contribution < -0.4 is 25.0 Å². The van der Waals surface area contributed by atoms with Gasteiger partial charge < -0.3 is 25.0 Å². The van der Waals surface area contributed by atoms with Crippen molar-refractivity contribution in [1.82, 2.24) is 10.6 Å². The monoisotopic (exact) mass is 376 g/mol. The molecule has 2 atom stereocenters. The number of nitrogens with one attached hydrogen (secondary N) is 3. The molecule has 7 heteroatoms. The van der Waals surface area contributed by atoms with E-state index in [0.717, 1.165) is 37.3 Å². The molecule has 0 radical (unpaired) electrons. The molecule has 2 heterocycles. The average Bonchev–Trinajstić information content (AvgIpc) is 2.95. The van der Waals surface area contributed by atoms with E-state index in [-0.39, 0.29) is 30.4 Å². The predicted octanol–water partition coefficient (Wildman–Crippen LogP) is 0.209. The number of fused-ring (bicyclic) bond motifs is 1. The number of rotatable bonds is 6. The minimum atomic E-state index is -0.158. The molecule has 1 fully saturated rings. The molecule has 27 heavy (non-hydrogen) atoms. The highest BCUT2D eigenvalue weighted by Crippen LogP contribution is 2.33. The molecule has 1 aromatic rings. The number of benzene rings is 1. The SMILES string of the molecule is CC(C)NC(=O)CNC(=O)C[NH+]1CCC[C@H]1c1ccc2c(c1)OCCCO2. The second-order valence-electron chi connectivity index (χ2n) is 7.54. The average molecular weight is 376 g/mol. The number of hydrogen-bond acceptors (Lipinski definition) is 4. The van der Waals surface area contributed by atoms with Crippen molar-refractivity contribution in [3.8, 4) is 11.5 Å². The maximum Gasteiger partial charge on any atom is 0.275 e. The molecule has 1 saturated heterocycles. The Hall–Kier alpha value is -2.28. The molecule has 2 aliphatic rings. The van der Waals surface area contributed by atoms with E-state index in [9.17, 15) is 9.59 Å². The largest absolute Gasteiger partial charge is 0.490 e. The minimum Gasteiger partial charge on any atom is -0.490 e. The fourth-order valence-electron chi connectivity index (χ4n) is 3.74. The summed E-state index contributed by atoms with van der Waals surface area (Å²) in [5.41, 5.74) is 1.18. The van der Waals surface area contributed by atoms with E-state index in [1.165, 1.54) is 10.5 Å². The number of carbonyl (C=O) groups is 2. The van der Waals surface area contributed by atoms with Gasteiger partial charge in [-0.05, 0) is 32.0 Å². The summed E-state index contributed by atoms with van der Waals surface area (Å²) in [7, 11) is 0. The van der Waals surface area contributed by atoms with Gasteiger partial charge in [0.05, 0.1) is 26.3 Å². The molecular formula is C20H30N3O4+. The van der Waals surface area contributed by atoms with Gasteiger partial charge in [0, 0.05) is 30.9 Å². The molecule has 148 valence electrons. The maximum absolute atomic E-state index is 12.3. The highest BCUT2D eigenvalue weighted by molar-refractivity contribution is 5.85. The molecule has 0 saturated carbocycles. The van der Waals surface area contributed by atoms with Gasteiger partial charge in [0.2, 0.25) is 5.91 Å². The van der Waals surface area contributed by atoms with Crippen molar-refractivity contribution in [3.05, 3.63) is 23.8 Å². The first-order chi connectivity index (χ1) is 13.0. The predicted molar refractivity (Wildman–Crippen MR) is 101 cm³/mol. The molecular weight excluding hydrogens is 346 g/mol. The van der Waals surface area contributed by atoms with E-state index in [0.29, 0.717) is 19.8 Å². The van der Waals surface area contributed by atoms with Crippen molar-refractivity contribution in [2.45, 2.75) is 45.2 Å². The Morgan fingerprint density at radius 1 is 1.15 bits per heavy atom. The van der Waals surface area contributed by atoms with Crippen LogP contribution in [0, 0.1) is 0 Å². The van der Waals surface area contributed by atoms with Gasteiger partial charge in [0.15, 0.2) is 18.0 Å². The quantitative estimate of drug-likeness (QED) is 0.663. The van der Waals surface area contributed by atoms with Crippen LogP contribution in [0.5, 0.6) is 11.5 Å². The smallest absolute Gasteiger partial charge is 0.275 e. The van der Waals surface area contributed by atoms with Gasteiger partial charge in [-0.15, -0.1) is 0 Å². The molecule has 0 bridgehead atoms. The molecule has 1 unspecified atom stereocenters. The number of carbonyl (C=O) groups excluding carboxylic acids is 2. The number of amides is 2. The number of likely N-dealkylation sites (tertiary alicyclic amines) is 1. The summed E-state index contributed by atoms with van der Waals surface area (Å²) in [6.45, 7) is 6.48. The summed E-state index contributed by atoms with van der Waals surface area (Å²) in [6.07, 6.45) is 3.00. The van der Waals surface area contributed by atoms with E-state index < -0.39 is 0 Å². The van der Waals surface area contributed by atoms with Crippen LogP contribution in [0.15, 0.2) is 18.2 Å². The summed E-state index contributed by atoms with van der Waals surface area (Å²) in [6, 6.07) is 6.45. The van der Waals surface area contributed by atoms with Gasteiger partial charge in [-0.3, -0.25) is 9.59 Å². The fourth-order valence-corrected chi connectivity index (χ4v) is 3.74. The van der Waals surface area contributed by atoms with Crippen molar-refractivity contribution in [2.24, 2.45) is 0 Å². The van der Waals surface area contributed by atoms with Crippen LogP contribution >= 0.6 is 0 Å². The molecule has 0 spiro atoms. The fraction of sp³-hybridized carbons (Fsp3) is 0.600. The van der Waals surface area contributed by atoms with Crippen molar-refractivity contribution in [1.29, 1.82) is 0 Å². The van der Waals surface area contributed by atoms with Gasteiger partial charge in [0.1, 0.15) is 6.04 Å². The highest BCUT2D eigenvalue weighted by Gasteiger charge is 2.32. The molecule has 2 amide bonds. The Kier molecular flexibility index (Phi) is 6.55. The van der Waals surface area contributed by atoms with Gasteiger partial charge in [0.25, 0.3) is 5.91 Å². The Morgan fingerprint density at radius 3 is 2.70 bits per heavy atom. The summed E-state index contributed by atoms with van der Waals surface area (Å²) in [4.78, 5) is 25.2. The topological polar surface area (TPSA) is 81.1 Å². The molecule has 2 aliphatic heterocycles. The van der Waals surface area contributed by atoms with Gasteiger partial charge in [-0.2, -0.15) is 0 Å². The number of ether oxygens (including phenoxy) is 2. The van der Waals surface area contributed by atoms with E-state index >= 15 is 0 Å². The normalized spacial score (nSPS) is 21.6. The van der Waals surface area contributed by atoms with Crippen molar-refractivity contribution < 1.29 is 24.0 Å². The van der Waals surface area contributed by atoms with E-state index in [4.69, 9.17) is 9.47 Å². The van der Waals surface area contributed by atoms with Crippen LogP contribution in [0.4, 0.5) is 0 Å². The third kappa shape index (κ3) is 5.35. The van der Waals surface area contributed by atoms with E-state index in [1.807, 2.05) is 19.9 Å². The summed E-state index contributed by atoms with van der Waals surface area (Å²) in [5.74, 6) is 1.34. The molecule has 3 N–H and O–H groups in total. The molecule has 1 aromatic carbocycles. The molecule has 7 nitrogen and oxygen atoms in total. The Labute approximate surface area is 160 Å². The number of quaternary nitrogens is 1. The van der Waals surface area contributed by atoms with Crippen LogP contribution in [-0.2, 0) is 9.59 Å². The van der Waals surface area contributed by atoms with Crippen molar-refractivity contribution in [3.63, 3.8) is 0 Å². The summed E-state index contributed by atoms with van der Waals surface area (Å²) >= 11 is 0. The zero-order valence-electron chi connectivity index (χ0n) is 16.2. The van der Waals surface area contributed by atoms with E-state index in [1.54, 1.807) is 0 Å². The van der Waals surface area contributed by atoms with Gasteiger partial charge in [-0.25, -0.2) is 0 Å². The maximum atomic E-state index is 12.3. The van der Waals surface area contributed by atoms with Crippen LogP contribution in [-0.4, -0.2) is 50.7 Å². The van der Waals surface area contributed by atoms with Crippen LogP contribution in [0.1, 0.15) is 44.7 Å². The summed E-state index contributed by atoms with van der Waals surface area (Å²) in [5, 5.41) is 5.50. The Balaban J connectivity index is 1.58. The third-order valence-electron chi connectivity index (χ3n) is 4.94. The first kappa shape index (κ1) is 19.5. The lowest BCUT2D eigenvalue weighted by molar-refractivity contribution is -0.910. The first-order valence-electron chi connectivity index (χ1n) is 9.83. The third-order valence-corrected chi connectivity index (χ3v) is 4.94. The van der Waals surface area contributed by atoms with Crippen molar-refractivity contribution in [2.75, 3.05) is 32.8 Å². The second kappa shape index (κ2) is 9.08. The van der Waals surface area contributed by atoms with Crippen LogP contribution in [0.3, 0.4) is 0 Å². The molecule has 0 aromatic heterocycles. The first-order valence-corrected chi connectivity index (χ1v) is 9.83. The molecule has 3 rings (SSSR count). The van der Waals surface area contributed by atoms with Gasteiger partial charge in [-0.1, -0.05) is 0 Å². The Bertz CT molecular complexity index is 677. The summed E-state index contributed by atoms with van der Waals surface area (Å²) < 4.78 is 11.5. The molecule has 0 aliphatic carbocycles. The lowest BCUT2D eigenvalue weighted by Crippen LogP contribution is -3.11. The highest BCUT2D eigenvalue weighted by atomic mass is 16.5. The second-order valence-corrected chi connectivity index (χ2v) is 7.54. The van der Waals surface area contributed by atoms with Crippen LogP contribution in [0.2, 0.25) is 0 Å². The van der Waals surface area contributed by atoms with Crippen LogP contribution in [0.25, 0.3) is 0 Å². The zero-order chi connectivity index (χ0) is 19.2. The van der Waals surface area contributed by atoms with Gasteiger partial charge >= 0.3 is 0 Å². The zero-order valence-corrected chi connectivity index (χ0v) is 16.2. The van der Waals surface area contributed by atoms with Crippen molar-refractivity contribution >= 4 is 11.8 Å². The Morgan fingerprint density at radius 2 is 1.93 bits per heavy atom. The van der Waals surface area contributed by atoms with E-state index in [2.05, 4.69) is 22.8 Å². The minimum absolute atomic E-state index is 0.0268.